The standard InChI is InChI=1S/C18H30N6O2Si/c1-27(2,3)10-9-26-13-24-8-6-15-17(24)20-12-16(22-15)23-18(25)21-11-14-5-4-7-19-14/h6,8,12,14,19H,4-5,7,9-11,13H2,1-3H3,(H2,21,22,23,25). The Bertz CT molecular complexity index is 767. The van der Waals surface area contributed by atoms with Crippen molar-refractivity contribution in [3.8, 4) is 0 Å². The number of nitrogens with one attached hydrogen (secondary N) is 3. The van der Waals surface area contributed by atoms with Gasteiger partial charge in [0.25, 0.3) is 0 Å². The van der Waals surface area contributed by atoms with Crippen LogP contribution in [0.2, 0.25) is 25.7 Å². The van der Waals surface area contributed by atoms with E-state index in [0.29, 0.717) is 25.1 Å². The Labute approximate surface area is 161 Å². The number of urea groups is 1. The molecule has 3 rings (SSSR count). The minimum Gasteiger partial charge on any atom is -0.361 e. The third-order valence-corrected chi connectivity index (χ3v) is 6.31. The first-order chi connectivity index (χ1) is 12.9. The molecule has 1 aliphatic rings. The molecule has 3 N–H and O–H groups in total. The molecule has 0 bridgehead atoms. The molecule has 2 aromatic rings. The third-order valence-electron chi connectivity index (χ3n) is 4.60. The molecule has 1 unspecified atom stereocenters. The molecule has 0 spiro atoms. The van der Waals surface area contributed by atoms with Gasteiger partial charge in [0, 0.05) is 33.5 Å². The maximum absolute atomic E-state index is 12.0. The average Bonchev–Trinajstić information content (AvgIpc) is 3.26. The van der Waals surface area contributed by atoms with Crippen LogP contribution in [0.3, 0.4) is 0 Å². The minimum absolute atomic E-state index is 0.258. The molecule has 9 heteroatoms. The number of hydrogen-bond acceptors (Lipinski definition) is 5. The number of ether oxygens (including phenoxy) is 1. The first-order valence-corrected chi connectivity index (χ1v) is 13.3. The quantitative estimate of drug-likeness (QED) is 0.476. The highest BCUT2D eigenvalue weighted by molar-refractivity contribution is 6.76. The Balaban J connectivity index is 1.51. The van der Waals surface area contributed by atoms with Crippen LogP contribution in [-0.2, 0) is 11.5 Å². The van der Waals surface area contributed by atoms with Crippen LogP contribution < -0.4 is 16.0 Å². The zero-order valence-corrected chi connectivity index (χ0v) is 17.4. The van der Waals surface area contributed by atoms with E-state index in [1.165, 1.54) is 0 Å². The van der Waals surface area contributed by atoms with E-state index in [0.717, 1.165) is 43.2 Å². The summed E-state index contributed by atoms with van der Waals surface area (Å²) < 4.78 is 7.71. The first kappa shape index (κ1) is 19.8. The average molecular weight is 391 g/mol. The Morgan fingerprint density at radius 2 is 2.30 bits per heavy atom. The summed E-state index contributed by atoms with van der Waals surface area (Å²) >= 11 is 0. The Kier molecular flexibility index (Phi) is 6.45. The van der Waals surface area contributed by atoms with Crippen molar-refractivity contribution in [1.29, 1.82) is 0 Å². The van der Waals surface area contributed by atoms with Crippen molar-refractivity contribution >= 4 is 31.1 Å². The SMILES string of the molecule is C[Si](C)(C)CCOCn1ccc2nc(NC(=O)NCC3CCCN3)cnc21. The highest BCUT2D eigenvalue weighted by Gasteiger charge is 2.15. The maximum Gasteiger partial charge on any atom is 0.320 e. The van der Waals surface area contributed by atoms with E-state index in [2.05, 4.69) is 45.6 Å². The molecule has 8 nitrogen and oxygen atoms in total. The van der Waals surface area contributed by atoms with E-state index < -0.39 is 8.07 Å². The number of amides is 2. The molecule has 3 heterocycles. The van der Waals surface area contributed by atoms with Crippen LogP contribution >= 0.6 is 0 Å². The van der Waals surface area contributed by atoms with E-state index in [9.17, 15) is 4.79 Å². The normalized spacial score (nSPS) is 17.4. The minimum atomic E-state index is -1.08. The number of anilines is 1. The zero-order valence-electron chi connectivity index (χ0n) is 16.4. The molecular weight excluding hydrogens is 360 g/mol. The molecule has 0 aliphatic carbocycles. The summed E-state index contributed by atoms with van der Waals surface area (Å²) in [5.41, 5.74) is 1.49. The highest BCUT2D eigenvalue weighted by Crippen LogP contribution is 2.14. The lowest BCUT2D eigenvalue weighted by atomic mass is 10.2. The van der Waals surface area contributed by atoms with Crippen molar-refractivity contribution in [3.05, 3.63) is 18.5 Å². The zero-order chi connectivity index (χ0) is 19.3. The summed E-state index contributed by atoms with van der Waals surface area (Å²) in [7, 11) is -1.08. The van der Waals surface area contributed by atoms with Crippen molar-refractivity contribution in [2.24, 2.45) is 0 Å². The van der Waals surface area contributed by atoms with Crippen molar-refractivity contribution in [1.82, 2.24) is 25.2 Å². The van der Waals surface area contributed by atoms with Gasteiger partial charge in [-0.3, -0.25) is 5.32 Å². The van der Waals surface area contributed by atoms with E-state index in [1.807, 2.05) is 16.8 Å². The largest absolute Gasteiger partial charge is 0.361 e. The lowest BCUT2D eigenvalue weighted by Crippen LogP contribution is -2.39. The predicted octanol–water partition coefficient (Wildman–Crippen LogP) is 2.62. The van der Waals surface area contributed by atoms with Gasteiger partial charge in [0.1, 0.15) is 12.2 Å². The summed E-state index contributed by atoms with van der Waals surface area (Å²) in [6.07, 6.45) is 5.75. The number of aromatic nitrogens is 3. The number of carbonyl (C=O) groups excluding carboxylic acids is 1. The van der Waals surface area contributed by atoms with Crippen molar-refractivity contribution in [2.45, 2.75) is 51.3 Å². The van der Waals surface area contributed by atoms with Crippen molar-refractivity contribution in [2.75, 3.05) is 25.0 Å². The second-order valence-corrected chi connectivity index (χ2v) is 13.8. The van der Waals surface area contributed by atoms with Crippen LogP contribution in [0.4, 0.5) is 10.6 Å². The smallest absolute Gasteiger partial charge is 0.320 e. The molecule has 2 aromatic heterocycles. The summed E-state index contributed by atoms with van der Waals surface area (Å²) in [6, 6.07) is 3.12. The molecule has 148 valence electrons. The monoisotopic (exact) mass is 390 g/mol. The molecule has 2 amide bonds. The lowest BCUT2D eigenvalue weighted by molar-refractivity contribution is 0.0899. The van der Waals surface area contributed by atoms with Crippen LogP contribution in [0, 0.1) is 0 Å². The van der Waals surface area contributed by atoms with Gasteiger partial charge in [0.05, 0.1) is 6.20 Å². The fourth-order valence-corrected chi connectivity index (χ4v) is 3.73. The predicted molar refractivity (Wildman–Crippen MR) is 110 cm³/mol. The number of carbonyl (C=O) groups is 1. The van der Waals surface area contributed by atoms with Gasteiger partial charge in [0.2, 0.25) is 0 Å². The molecule has 0 radical (unpaired) electrons. The van der Waals surface area contributed by atoms with E-state index in [-0.39, 0.29) is 6.03 Å². The van der Waals surface area contributed by atoms with Gasteiger partial charge in [-0.15, -0.1) is 0 Å². The van der Waals surface area contributed by atoms with Crippen LogP contribution in [0.1, 0.15) is 12.8 Å². The number of fused-ring (bicyclic) bond motifs is 1. The lowest BCUT2D eigenvalue weighted by Gasteiger charge is -2.15. The van der Waals surface area contributed by atoms with Crippen LogP contribution in [0.5, 0.6) is 0 Å². The maximum atomic E-state index is 12.0. The van der Waals surface area contributed by atoms with Gasteiger partial charge in [0.15, 0.2) is 11.5 Å². The molecule has 0 aromatic carbocycles. The summed E-state index contributed by atoms with van der Waals surface area (Å²) in [6.45, 7) is 9.87. The van der Waals surface area contributed by atoms with Crippen molar-refractivity contribution in [3.63, 3.8) is 0 Å². The van der Waals surface area contributed by atoms with E-state index >= 15 is 0 Å². The fourth-order valence-electron chi connectivity index (χ4n) is 2.97. The van der Waals surface area contributed by atoms with E-state index in [1.54, 1.807) is 6.20 Å². The summed E-state index contributed by atoms with van der Waals surface area (Å²) in [5, 5.41) is 8.97. The molecule has 1 fully saturated rings. The third kappa shape index (κ3) is 6.01. The first-order valence-electron chi connectivity index (χ1n) is 9.59. The summed E-state index contributed by atoms with van der Waals surface area (Å²) in [5.74, 6) is 0.441. The van der Waals surface area contributed by atoms with Gasteiger partial charge < -0.3 is 19.9 Å². The molecule has 0 saturated carbocycles. The van der Waals surface area contributed by atoms with Gasteiger partial charge in [-0.2, -0.15) is 0 Å². The van der Waals surface area contributed by atoms with E-state index in [4.69, 9.17) is 4.74 Å². The molecule has 1 aliphatic heterocycles. The topological polar surface area (TPSA) is 93.1 Å². The molecular formula is C18H30N6O2Si. The van der Waals surface area contributed by atoms with Crippen LogP contribution in [0.15, 0.2) is 18.5 Å². The Morgan fingerprint density at radius 3 is 3.04 bits per heavy atom. The Hall–Kier alpha value is -1.97. The van der Waals surface area contributed by atoms with Gasteiger partial charge in [-0.1, -0.05) is 19.6 Å². The molecule has 1 atom stereocenters. The van der Waals surface area contributed by atoms with Crippen LogP contribution in [0.25, 0.3) is 11.2 Å². The fraction of sp³-hybridized carbons (Fsp3) is 0.611. The number of nitrogens with zero attached hydrogens (tertiary/aromatic N) is 3. The Morgan fingerprint density at radius 1 is 1.44 bits per heavy atom. The second-order valence-electron chi connectivity index (χ2n) is 8.23. The molecule has 27 heavy (non-hydrogen) atoms. The number of hydrogen-bond donors (Lipinski definition) is 3. The van der Waals surface area contributed by atoms with Gasteiger partial charge in [-0.05, 0) is 31.5 Å². The van der Waals surface area contributed by atoms with Crippen LogP contribution in [-0.4, -0.2) is 54.4 Å². The second kappa shape index (κ2) is 8.81. The molecule has 1 saturated heterocycles. The highest BCUT2D eigenvalue weighted by atomic mass is 28.3. The number of rotatable bonds is 8. The van der Waals surface area contributed by atoms with Gasteiger partial charge in [-0.25, -0.2) is 14.8 Å². The van der Waals surface area contributed by atoms with Crippen molar-refractivity contribution < 1.29 is 9.53 Å². The van der Waals surface area contributed by atoms with Gasteiger partial charge >= 0.3 is 6.03 Å². The summed E-state index contributed by atoms with van der Waals surface area (Å²) in [4.78, 5) is 20.9.